The van der Waals surface area contributed by atoms with Crippen molar-refractivity contribution in [1.82, 2.24) is 25.4 Å². The van der Waals surface area contributed by atoms with Crippen molar-refractivity contribution < 1.29 is 9.53 Å². The second-order valence-corrected chi connectivity index (χ2v) is 6.36. The number of benzene rings is 1. The minimum atomic E-state index is -0.153. The van der Waals surface area contributed by atoms with Crippen LogP contribution in [-0.4, -0.2) is 33.4 Å². The first-order valence-electron chi connectivity index (χ1n) is 8.79. The summed E-state index contributed by atoms with van der Waals surface area (Å²) in [6, 6.07) is 5.89. The van der Waals surface area contributed by atoms with E-state index < -0.39 is 0 Å². The van der Waals surface area contributed by atoms with Crippen molar-refractivity contribution in [2.45, 2.75) is 52.2 Å². The number of amides is 2. The van der Waals surface area contributed by atoms with Crippen molar-refractivity contribution in [2.75, 3.05) is 6.61 Å². The molecule has 134 valence electrons. The summed E-state index contributed by atoms with van der Waals surface area (Å²) >= 11 is 0. The fourth-order valence-electron chi connectivity index (χ4n) is 2.94. The molecule has 0 bridgehead atoms. The molecule has 25 heavy (non-hydrogen) atoms. The first kappa shape index (κ1) is 17.3. The van der Waals surface area contributed by atoms with Gasteiger partial charge in [0.05, 0.1) is 19.2 Å². The number of aryl methyl sites for hydroxylation is 2. The van der Waals surface area contributed by atoms with Gasteiger partial charge in [-0.05, 0) is 43.0 Å². The zero-order valence-corrected chi connectivity index (χ0v) is 14.8. The molecule has 0 unspecified atom stereocenters. The molecule has 1 aromatic carbocycles. The predicted molar refractivity (Wildman–Crippen MR) is 94.5 cm³/mol. The predicted octanol–water partition coefficient (Wildman–Crippen LogP) is 2.19. The Kier molecular flexibility index (Phi) is 5.53. The van der Waals surface area contributed by atoms with E-state index in [2.05, 4.69) is 27.6 Å². The second kappa shape index (κ2) is 8.00. The molecule has 2 N–H and O–H groups in total. The van der Waals surface area contributed by atoms with Crippen LogP contribution in [0, 0.1) is 6.92 Å². The van der Waals surface area contributed by atoms with Crippen molar-refractivity contribution in [2.24, 2.45) is 0 Å². The highest BCUT2D eigenvalue weighted by atomic mass is 16.5. The molecule has 0 radical (unpaired) electrons. The zero-order valence-electron chi connectivity index (χ0n) is 14.8. The van der Waals surface area contributed by atoms with E-state index in [9.17, 15) is 4.79 Å². The summed E-state index contributed by atoms with van der Waals surface area (Å²) in [5.41, 5.74) is 2.19. The van der Waals surface area contributed by atoms with E-state index in [1.54, 1.807) is 6.33 Å². The Labute approximate surface area is 147 Å². The molecule has 2 heterocycles. The van der Waals surface area contributed by atoms with Crippen LogP contribution in [-0.2, 0) is 19.5 Å². The van der Waals surface area contributed by atoms with Gasteiger partial charge in [0.15, 0.2) is 0 Å². The van der Waals surface area contributed by atoms with Crippen LogP contribution < -0.4 is 15.4 Å². The summed E-state index contributed by atoms with van der Waals surface area (Å²) in [5.74, 6) is 1.86. The highest BCUT2D eigenvalue weighted by Gasteiger charge is 2.21. The Balaban J connectivity index is 1.48. The average molecular weight is 343 g/mol. The summed E-state index contributed by atoms with van der Waals surface area (Å²) in [5, 5.41) is 10.1. The van der Waals surface area contributed by atoms with Crippen LogP contribution in [0.3, 0.4) is 0 Å². The quantitative estimate of drug-likeness (QED) is 0.842. The molecule has 1 aliphatic heterocycles. The number of urea groups is 1. The molecule has 0 fully saturated rings. The summed E-state index contributed by atoms with van der Waals surface area (Å²) in [6.45, 7) is 5.99. The minimum absolute atomic E-state index is 0.0834. The van der Waals surface area contributed by atoms with Crippen LogP contribution in [0.4, 0.5) is 4.79 Å². The number of nitrogens with zero attached hydrogens (tertiary/aromatic N) is 3. The lowest BCUT2D eigenvalue weighted by Crippen LogP contribution is -2.45. The number of nitrogens with one attached hydrogen (secondary N) is 2. The molecule has 0 spiro atoms. The fourth-order valence-corrected chi connectivity index (χ4v) is 2.94. The molecule has 7 nitrogen and oxygen atoms in total. The average Bonchev–Trinajstić information content (AvgIpc) is 3.07. The molecule has 7 heteroatoms. The maximum absolute atomic E-state index is 12.2. The van der Waals surface area contributed by atoms with Crippen molar-refractivity contribution >= 4 is 6.03 Å². The monoisotopic (exact) mass is 343 g/mol. The Morgan fingerprint density at radius 2 is 2.32 bits per heavy atom. The summed E-state index contributed by atoms with van der Waals surface area (Å²) in [6.07, 6.45) is 4.27. The van der Waals surface area contributed by atoms with Crippen LogP contribution in [0.25, 0.3) is 0 Å². The number of ether oxygens (including phenoxy) is 1. The van der Waals surface area contributed by atoms with Gasteiger partial charge in [-0.2, -0.15) is 5.10 Å². The molecule has 0 saturated carbocycles. The van der Waals surface area contributed by atoms with Gasteiger partial charge in [0.2, 0.25) is 0 Å². The fraction of sp³-hybridized carbons (Fsp3) is 0.500. The summed E-state index contributed by atoms with van der Waals surface area (Å²) < 4.78 is 7.48. The zero-order chi connectivity index (χ0) is 17.6. The highest BCUT2D eigenvalue weighted by Crippen LogP contribution is 2.17. The van der Waals surface area contributed by atoms with Gasteiger partial charge < -0.3 is 15.4 Å². The van der Waals surface area contributed by atoms with E-state index in [0.717, 1.165) is 42.0 Å². The van der Waals surface area contributed by atoms with Gasteiger partial charge in [-0.1, -0.05) is 13.0 Å². The molecule has 0 aliphatic carbocycles. The van der Waals surface area contributed by atoms with Crippen LogP contribution in [0.1, 0.15) is 36.7 Å². The lowest BCUT2D eigenvalue weighted by molar-refractivity contribution is 0.231. The Morgan fingerprint density at radius 3 is 3.12 bits per heavy atom. The molecule has 3 rings (SSSR count). The standard InChI is InChI=1S/C18H25N5O2/c1-3-8-25-16-6-4-14(13(2)9-16)10-19-18(24)22-15-5-7-17-20-12-21-23(17)11-15/h4,6,9,12,15H,3,5,7-8,10-11H2,1-2H3,(H2,19,22,24)/t15-/m0/s1. The Bertz CT molecular complexity index is 728. The van der Waals surface area contributed by atoms with Crippen LogP contribution in [0.5, 0.6) is 5.75 Å². The molecule has 1 aliphatic rings. The minimum Gasteiger partial charge on any atom is -0.494 e. The Hall–Kier alpha value is -2.57. The first-order valence-corrected chi connectivity index (χ1v) is 8.79. The number of hydrogen-bond donors (Lipinski definition) is 2. The molecular formula is C18H25N5O2. The third kappa shape index (κ3) is 4.49. The van der Waals surface area contributed by atoms with E-state index in [0.29, 0.717) is 19.7 Å². The lowest BCUT2D eigenvalue weighted by Gasteiger charge is -2.23. The van der Waals surface area contributed by atoms with Crippen LogP contribution in [0.2, 0.25) is 0 Å². The van der Waals surface area contributed by atoms with E-state index >= 15 is 0 Å². The van der Waals surface area contributed by atoms with Crippen molar-refractivity contribution in [3.63, 3.8) is 0 Å². The number of fused-ring (bicyclic) bond motifs is 1. The number of carbonyl (C=O) groups excluding carboxylic acids is 1. The summed E-state index contributed by atoms with van der Waals surface area (Å²) in [7, 11) is 0. The number of aromatic nitrogens is 3. The summed E-state index contributed by atoms with van der Waals surface area (Å²) in [4.78, 5) is 16.4. The molecule has 0 saturated heterocycles. The third-order valence-corrected chi connectivity index (χ3v) is 4.37. The molecule has 2 aromatic rings. The van der Waals surface area contributed by atoms with Gasteiger partial charge in [-0.15, -0.1) is 0 Å². The van der Waals surface area contributed by atoms with Gasteiger partial charge in [0.25, 0.3) is 0 Å². The van der Waals surface area contributed by atoms with Crippen LogP contribution >= 0.6 is 0 Å². The highest BCUT2D eigenvalue weighted by molar-refractivity contribution is 5.74. The molecular weight excluding hydrogens is 318 g/mol. The van der Waals surface area contributed by atoms with E-state index in [1.165, 1.54) is 0 Å². The molecule has 2 amide bonds. The SMILES string of the molecule is CCCOc1ccc(CNC(=O)N[C@H]2CCc3ncnn3C2)c(C)c1. The number of rotatable bonds is 6. The molecule has 1 atom stereocenters. The van der Waals surface area contributed by atoms with Gasteiger partial charge in [-0.3, -0.25) is 0 Å². The molecule has 1 aromatic heterocycles. The first-order chi connectivity index (χ1) is 12.2. The van der Waals surface area contributed by atoms with Crippen molar-refractivity contribution in [3.05, 3.63) is 41.5 Å². The third-order valence-electron chi connectivity index (χ3n) is 4.37. The van der Waals surface area contributed by atoms with Gasteiger partial charge in [-0.25, -0.2) is 14.5 Å². The van der Waals surface area contributed by atoms with Gasteiger partial charge in [0, 0.05) is 13.0 Å². The maximum Gasteiger partial charge on any atom is 0.315 e. The lowest BCUT2D eigenvalue weighted by atomic mass is 10.1. The van der Waals surface area contributed by atoms with Crippen molar-refractivity contribution in [3.8, 4) is 5.75 Å². The normalized spacial score (nSPS) is 16.2. The smallest absolute Gasteiger partial charge is 0.315 e. The van der Waals surface area contributed by atoms with Crippen molar-refractivity contribution in [1.29, 1.82) is 0 Å². The Morgan fingerprint density at radius 1 is 1.44 bits per heavy atom. The topological polar surface area (TPSA) is 81.1 Å². The number of hydrogen-bond acceptors (Lipinski definition) is 4. The van der Waals surface area contributed by atoms with Crippen LogP contribution in [0.15, 0.2) is 24.5 Å². The van der Waals surface area contributed by atoms with Gasteiger partial charge in [0.1, 0.15) is 17.9 Å². The largest absolute Gasteiger partial charge is 0.494 e. The maximum atomic E-state index is 12.2. The van der Waals surface area contributed by atoms with E-state index in [-0.39, 0.29) is 12.1 Å². The van der Waals surface area contributed by atoms with Gasteiger partial charge >= 0.3 is 6.03 Å². The number of carbonyl (C=O) groups is 1. The second-order valence-electron chi connectivity index (χ2n) is 6.36. The van der Waals surface area contributed by atoms with E-state index in [1.807, 2.05) is 29.8 Å². The van der Waals surface area contributed by atoms with E-state index in [4.69, 9.17) is 4.74 Å².